The van der Waals surface area contributed by atoms with Gasteiger partial charge in [0.1, 0.15) is 11.5 Å². The first-order valence-electron chi connectivity index (χ1n) is 11.2. The number of carboxylic acids is 1. The summed E-state index contributed by atoms with van der Waals surface area (Å²) in [5, 5.41) is 9.31. The van der Waals surface area contributed by atoms with Crippen molar-refractivity contribution in [2.24, 2.45) is 0 Å². The van der Waals surface area contributed by atoms with Gasteiger partial charge in [-0.2, -0.15) is 8.42 Å². The Bertz CT molecular complexity index is 1120. The van der Waals surface area contributed by atoms with Crippen molar-refractivity contribution in [1.29, 1.82) is 0 Å². The Labute approximate surface area is 206 Å². The molecule has 0 aromatic heterocycles. The molecule has 0 unspecified atom stereocenters. The number of rotatable bonds is 15. The first kappa shape index (κ1) is 27.8. The lowest BCUT2D eigenvalue weighted by atomic mass is 10.1. The molecule has 0 saturated heterocycles. The fraction of sp³-hybridized carbons (Fsp3) is 0.400. The largest absolute Gasteiger partial charge is 0.496 e. The first-order valence-corrected chi connectivity index (χ1v) is 13.0. The number of unbranched alkanes of at least 4 members (excludes halogenated alkanes) is 1. The van der Waals surface area contributed by atoms with Gasteiger partial charge in [-0.1, -0.05) is 25.5 Å². The highest BCUT2D eigenvalue weighted by molar-refractivity contribution is 7.86. The molecule has 0 saturated carbocycles. The number of aliphatic carboxylic acids is 1. The molecule has 0 spiro atoms. The summed E-state index contributed by atoms with van der Waals surface area (Å²) in [5.74, 6) is 0.349. The maximum atomic E-state index is 11.4. The quantitative estimate of drug-likeness (QED) is 0.163. The molecule has 2 aromatic carbocycles. The molecule has 2 aromatic rings. The molecule has 0 heterocycles. The summed E-state index contributed by atoms with van der Waals surface area (Å²) in [6.07, 6.45) is 4.71. The van der Waals surface area contributed by atoms with Crippen LogP contribution in [0.3, 0.4) is 0 Å². The third-order valence-corrected chi connectivity index (χ3v) is 5.16. The Kier molecular flexibility index (Phi) is 10.7. The SMILES string of the molecule is CCCCOc1cc(/C=C(\OCC)C(=O)O)ccc1OCCc1ccc(OS(C)(=O)=O)cc1OC. The van der Waals surface area contributed by atoms with E-state index in [4.69, 9.17) is 23.1 Å². The third-order valence-electron chi connectivity index (χ3n) is 4.67. The van der Waals surface area contributed by atoms with Gasteiger partial charge in [0.05, 0.1) is 33.2 Å². The Hall–Kier alpha value is -3.40. The van der Waals surface area contributed by atoms with Crippen molar-refractivity contribution in [3.05, 3.63) is 53.3 Å². The minimum atomic E-state index is -3.64. The predicted octanol–water partition coefficient (Wildman–Crippen LogP) is 4.30. The van der Waals surface area contributed by atoms with Gasteiger partial charge in [0.15, 0.2) is 11.5 Å². The van der Waals surface area contributed by atoms with E-state index in [0.29, 0.717) is 42.4 Å². The third kappa shape index (κ3) is 9.40. The fourth-order valence-corrected chi connectivity index (χ4v) is 3.53. The van der Waals surface area contributed by atoms with Crippen molar-refractivity contribution >= 4 is 22.2 Å². The van der Waals surface area contributed by atoms with E-state index in [1.54, 1.807) is 37.3 Å². The van der Waals surface area contributed by atoms with E-state index < -0.39 is 16.1 Å². The Morgan fingerprint density at radius 2 is 1.74 bits per heavy atom. The number of carbonyl (C=O) groups is 1. The topological polar surface area (TPSA) is 118 Å². The number of hydrogen-bond donors (Lipinski definition) is 1. The molecule has 1 N–H and O–H groups in total. The molecule has 192 valence electrons. The smallest absolute Gasteiger partial charge is 0.371 e. The number of ether oxygens (including phenoxy) is 4. The Morgan fingerprint density at radius 1 is 1.00 bits per heavy atom. The van der Waals surface area contributed by atoms with E-state index >= 15 is 0 Å². The lowest BCUT2D eigenvalue weighted by molar-refractivity contribution is -0.136. The molecule has 10 heteroatoms. The zero-order valence-electron chi connectivity index (χ0n) is 20.4. The van der Waals surface area contributed by atoms with Crippen LogP contribution in [0.2, 0.25) is 0 Å². The van der Waals surface area contributed by atoms with Crippen LogP contribution in [0, 0.1) is 0 Å². The standard InChI is InChI=1S/C25H32O9S/c1-5-7-13-32-23-15-18(16-24(25(26)27)31-6-2)8-11-21(23)33-14-12-19-9-10-20(17-22(19)30-3)34-35(4,28)29/h8-11,15-17H,5-7,12-14H2,1-4H3,(H,26,27)/b24-16-. The molecule has 0 aliphatic rings. The van der Waals surface area contributed by atoms with Gasteiger partial charge in [0.2, 0.25) is 5.76 Å². The van der Waals surface area contributed by atoms with Crippen LogP contribution >= 0.6 is 0 Å². The van der Waals surface area contributed by atoms with Crippen LogP contribution in [0.15, 0.2) is 42.2 Å². The van der Waals surface area contributed by atoms with Gasteiger partial charge < -0.3 is 28.2 Å². The maximum absolute atomic E-state index is 11.4. The van der Waals surface area contributed by atoms with Crippen LogP contribution in [0.5, 0.6) is 23.0 Å². The minimum Gasteiger partial charge on any atom is -0.496 e. The van der Waals surface area contributed by atoms with Gasteiger partial charge in [-0.05, 0) is 48.7 Å². The van der Waals surface area contributed by atoms with Gasteiger partial charge in [-0.25, -0.2) is 4.79 Å². The number of hydrogen-bond acceptors (Lipinski definition) is 8. The second kappa shape index (κ2) is 13.5. The first-order chi connectivity index (χ1) is 16.7. The van der Waals surface area contributed by atoms with Crippen molar-refractivity contribution in [3.8, 4) is 23.0 Å². The highest BCUT2D eigenvalue weighted by atomic mass is 32.2. The van der Waals surface area contributed by atoms with Crippen LogP contribution in [-0.2, 0) is 26.1 Å². The zero-order chi connectivity index (χ0) is 25.8. The van der Waals surface area contributed by atoms with E-state index in [1.807, 2.05) is 0 Å². The average molecular weight is 509 g/mol. The summed E-state index contributed by atoms with van der Waals surface area (Å²) >= 11 is 0. The van der Waals surface area contributed by atoms with Gasteiger partial charge in [-0.15, -0.1) is 0 Å². The summed E-state index contributed by atoms with van der Waals surface area (Å²) < 4.78 is 50.0. The molecule has 0 aliphatic heterocycles. The van der Waals surface area contributed by atoms with Crippen molar-refractivity contribution in [3.63, 3.8) is 0 Å². The summed E-state index contributed by atoms with van der Waals surface area (Å²) in [4.78, 5) is 11.4. The molecular weight excluding hydrogens is 476 g/mol. The molecule has 0 fully saturated rings. The van der Waals surface area contributed by atoms with Crippen LogP contribution in [0.4, 0.5) is 0 Å². The molecule has 35 heavy (non-hydrogen) atoms. The van der Waals surface area contributed by atoms with Crippen molar-refractivity contribution in [2.75, 3.05) is 33.2 Å². The van der Waals surface area contributed by atoms with Crippen molar-refractivity contribution < 1.29 is 41.4 Å². The minimum absolute atomic E-state index is 0.156. The number of benzene rings is 2. The molecule has 0 bridgehead atoms. The number of methoxy groups -OCH3 is 1. The highest BCUT2D eigenvalue weighted by Crippen LogP contribution is 2.31. The normalized spacial score (nSPS) is 11.6. The molecule has 0 amide bonds. The van der Waals surface area contributed by atoms with E-state index in [1.165, 1.54) is 19.3 Å². The summed E-state index contributed by atoms with van der Waals surface area (Å²) in [5.41, 5.74) is 1.42. The van der Waals surface area contributed by atoms with Crippen molar-refractivity contribution in [2.45, 2.75) is 33.1 Å². The fourth-order valence-electron chi connectivity index (χ4n) is 3.07. The second-order valence-corrected chi connectivity index (χ2v) is 9.09. The second-order valence-electron chi connectivity index (χ2n) is 7.51. The van der Waals surface area contributed by atoms with Crippen LogP contribution < -0.4 is 18.4 Å². The predicted molar refractivity (Wildman–Crippen MR) is 132 cm³/mol. The Balaban J connectivity index is 2.18. The Morgan fingerprint density at radius 3 is 2.37 bits per heavy atom. The van der Waals surface area contributed by atoms with E-state index in [0.717, 1.165) is 24.7 Å². The van der Waals surface area contributed by atoms with E-state index in [2.05, 4.69) is 6.92 Å². The monoisotopic (exact) mass is 508 g/mol. The average Bonchev–Trinajstić information content (AvgIpc) is 2.79. The molecular formula is C25H32O9S. The van der Waals surface area contributed by atoms with Crippen LogP contribution in [-0.4, -0.2) is 52.7 Å². The highest BCUT2D eigenvalue weighted by Gasteiger charge is 2.13. The molecule has 9 nitrogen and oxygen atoms in total. The lowest BCUT2D eigenvalue weighted by Crippen LogP contribution is -2.08. The molecule has 2 rings (SSSR count). The van der Waals surface area contributed by atoms with E-state index in [9.17, 15) is 18.3 Å². The van der Waals surface area contributed by atoms with Crippen LogP contribution in [0.1, 0.15) is 37.8 Å². The summed E-state index contributed by atoms with van der Waals surface area (Å²) in [7, 11) is -2.15. The van der Waals surface area contributed by atoms with Gasteiger partial charge in [0, 0.05) is 12.5 Å². The summed E-state index contributed by atoms with van der Waals surface area (Å²) in [6, 6.07) is 9.94. The molecule has 0 radical (unpaired) electrons. The molecule has 0 aliphatic carbocycles. The van der Waals surface area contributed by atoms with Gasteiger partial charge >= 0.3 is 16.1 Å². The maximum Gasteiger partial charge on any atom is 0.371 e. The lowest BCUT2D eigenvalue weighted by Gasteiger charge is -2.15. The van der Waals surface area contributed by atoms with Gasteiger partial charge in [-0.3, -0.25) is 0 Å². The van der Waals surface area contributed by atoms with Gasteiger partial charge in [0.25, 0.3) is 0 Å². The van der Waals surface area contributed by atoms with Crippen molar-refractivity contribution in [1.82, 2.24) is 0 Å². The number of carboxylic acid groups (broad SMARTS) is 1. The van der Waals surface area contributed by atoms with E-state index in [-0.39, 0.29) is 18.1 Å². The van der Waals surface area contributed by atoms with Crippen LogP contribution in [0.25, 0.3) is 6.08 Å². The zero-order valence-corrected chi connectivity index (χ0v) is 21.2. The summed E-state index contributed by atoms with van der Waals surface area (Å²) in [6.45, 7) is 4.80. The molecule has 0 atom stereocenters.